The van der Waals surface area contributed by atoms with E-state index in [1.54, 1.807) is 19.2 Å². The first-order chi connectivity index (χ1) is 10.3. The maximum Gasteiger partial charge on any atom is 0.276 e. The van der Waals surface area contributed by atoms with Crippen LogP contribution in [0.3, 0.4) is 0 Å². The van der Waals surface area contributed by atoms with Crippen LogP contribution in [-0.4, -0.2) is 23.2 Å². The Labute approximate surface area is 122 Å². The van der Waals surface area contributed by atoms with Gasteiger partial charge in [-0.25, -0.2) is 0 Å². The lowest BCUT2D eigenvalue weighted by atomic mass is 10.1. The van der Waals surface area contributed by atoms with Crippen molar-refractivity contribution < 1.29 is 4.79 Å². The Morgan fingerprint density at radius 2 is 1.76 bits per heavy atom. The molecule has 0 atom stereocenters. The largest absolute Gasteiger partial charge is 0.372 e. The van der Waals surface area contributed by atoms with E-state index < -0.39 is 0 Å². The molecule has 0 saturated carbocycles. The number of nitrogens with one attached hydrogen (secondary N) is 2. The van der Waals surface area contributed by atoms with E-state index in [0.29, 0.717) is 5.82 Å². The number of anilines is 2. The van der Waals surface area contributed by atoms with Crippen LogP contribution in [0.1, 0.15) is 10.5 Å². The fourth-order valence-electron chi connectivity index (χ4n) is 2.05. The van der Waals surface area contributed by atoms with Gasteiger partial charge in [-0.05, 0) is 35.0 Å². The third kappa shape index (κ3) is 2.81. The number of aromatic nitrogens is 2. The first-order valence-corrected chi connectivity index (χ1v) is 6.58. The average Bonchev–Trinajstić information content (AvgIpc) is 2.55. The zero-order chi connectivity index (χ0) is 14.7. The minimum atomic E-state index is -0.277. The Balaban J connectivity index is 1.81. The summed E-state index contributed by atoms with van der Waals surface area (Å²) in [5.41, 5.74) is 1.01. The van der Waals surface area contributed by atoms with E-state index in [1.807, 2.05) is 42.5 Å². The Bertz CT molecular complexity index is 784. The van der Waals surface area contributed by atoms with Crippen LogP contribution in [0.5, 0.6) is 0 Å². The predicted octanol–water partition coefficient (Wildman–Crippen LogP) is 2.92. The molecule has 0 fully saturated rings. The number of carbonyl (C=O) groups excluding carboxylic acids is 1. The van der Waals surface area contributed by atoms with Gasteiger partial charge in [0.15, 0.2) is 5.69 Å². The molecule has 5 heteroatoms. The number of amides is 1. The first-order valence-electron chi connectivity index (χ1n) is 6.58. The van der Waals surface area contributed by atoms with Crippen LogP contribution in [0, 0.1) is 0 Å². The van der Waals surface area contributed by atoms with Crippen molar-refractivity contribution in [3.8, 4) is 0 Å². The highest BCUT2D eigenvalue weighted by atomic mass is 16.1. The Morgan fingerprint density at radius 1 is 0.952 bits per heavy atom. The minimum absolute atomic E-state index is 0.277. The molecule has 0 aliphatic rings. The number of fused-ring (bicyclic) bond motifs is 1. The zero-order valence-electron chi connectivity index (χ0n) is 11.5. The van der Waals surface area contributed by atoms with Crippen LogP contribution in [0.2, 0.25) is 0 Å². The maximum absolute atomic E-state index is 12.1. The van der Waals surface area contributed by atoms with Gasteiger partial charge in [0.2, 0.25) is 0 Å². The number of hydrogen-bond donors (Lipinski definition) is 2. The second-order valence-corrected chi connectivity index (χ2v) is 4.57. The number of nitrogens with zero attached hydrogens (tertiary/aromatic N) is 2. The monoisotopic (exact) mass is 278 g/mol. The quantitative estimate of drug-likeness (QED) is 0.773. The molecule has 0 bridgehead atoms. The molecule has 2 aromatic carbocycles. The predicted molar refractivity (Wildman–Crippen MR) is 83.5 cm³/mol. The molecule has 104 valence electrons. The van der Waals surface area contributed by atoms with E-state index in [1.165, 1.54) is 0 Å². The van der Waals surface area contributed by atoms with E-state index in [9.17, 15) is 4.79 Å². The summed E-state index contributed by atoms with van der Waals surface area (Å²) in [6.45, 7) is 0. The Kier molecular flexibility index (Phi) is 3.47. The van der Waals surface area contributed by atoms with E-state index in [0.717, 1.165) is 16.5 Å². The number of hydrogen-bond acceptors (Lipinski definition) is 4. The summed E-state index contributed by atoms with van der Waals surface area (Å²) in [5, 5.41) is 15.7. The van der Waals surface area contributed by atoms with Crippen molar-refractivity contribution in [1.82, 2.24) is 10.2 Å². The lowest BCUT2D eigenvalue weighted by molar-refractivity contribution is 0.102. The second kappa shape index (κ2) is 5.58. The third-order valence-corrected chi connectivity index (χ3v) is 3.16. The van der Waals surface area contributed by atoms with Gasteiger partial charge in [-0.2, -0.15) is 0 Å². The molecule has 3 rings (SSSR count). The van der Waals surface area contributed by atoms with Crippen LogP contribution < -0.4 is 10.6 Å². The van der Waals surface area contributed by atoms with Crippen molar-refractivity contribution in [2.45, 2.75) is 0 Å². The van der Waals surface area contributed by atoms with Gasteiger partial charge in [-0.1, -0.05) is 30.3 Å². The molecular formula is C16H14N4O. The number of benzene rings is 2. The summed E-state index contributed by atoms with van der Waals surface area (Å²) in [6, 6.07) is 17.1. The van der Waals surface area contributed by atoms with Gasteiger partial charge in [-0.3, -0.25) is 4.79 Å². The van der Waals surface area contributed by atoms with Crippen molar-refractivity contribution >= 4 is 28.2 Å². The molecule has 5 nitrogen and oxygen atoms in total. The van der Waals surface area contributed by atoms with Crippen molar-refractivity contribution in [3.05, 3.63) is 60.3 Å². The number of rotatable bonds is 3. The van der Waals surface area contributed by atoms with Gasteiger partial charge in [-0.15, -0.1) is 10.2 Å². The molecule has 0 saturated heterocycles. The van der Waals surface area contributed by atoms with Crippen molar-refractivity contribution in [2.24, 2.45) is 0 Å². The summed E-state index contributed by atoms with van der Waals surface area (Å²) in [6.07, 6.45) is 0. The van der Waals surface area contributed by atoms with Gasteiger partial charge in [0.1, 0.15) is 5.82 Å². The minimum Gasteiger partial charge on any atom is -0.372 e. The molecule has 21 heavy (non-hydrogen) atoms. The topological polar surface area (TPSA) is 66.9 Å². The van der Waals surface area contributed by atoms with Crippen molar-refractivity contribution in [1.29, 1.82) is 0 Å². The average molecular weight is 278 g/mol. The highest BCUT2D eigenvalue weighted by Gasteiger charge is 2.08. The molecular weight excluding hydrogens is 264 g/mol. The highest BCUT2D eigenvalue weighted by molar-refractivity contribution is 6.03. The molecule has 0 aliphatic heterocycles. The summed E-state index contributed by atoms with van der Waals surface area (Å²) in [4.78, 5) is 12.1. The van der Waals surface area contributed by atoms with Gasteiger partial charge < -0.3 is 10.6 Å². The summed E-state index contributed by atoms with van der Waals surface area (Å²) < 4.78 is 0. The summed E-state index contributed by atoms with van der Waals surface area (Å²) in [7, 11) is 1.75. The van der Waals surface area contributed by atoms with E-state index in [2.05, 4.69) is 20.8 Å². The molecule has 0 aliphatic carbocycles. The Morgan fingerprint density at radius 3 is 2.48 bits per heavy atom. The zero-order valence-corrected chi connectivity index (χ0v) is 11.5. The molecule has 1 amide bonds. The number of carbonyl (C=O) groups is 1. The first kappa shape index (κ1) is 13.1. The van der Waals surface area contributed by atoms with Crippen molar-refractivity contribution in [3.63, 3.8) is 0 Å². The fourth-order valence-corrected chi connectivity index (χ4v) is 2.05. The molecule has 2 N–H and O–H groups in total. The van der Waals surface area contributed by atoms with Crippen molar-refractivity contribution in [2.75, 3.05) is 17.7 Å². The molecule has 1 aromatic heterocycles. The normalized spacial score (nSPS) is 10.3. The third-order valence-electron chi connectivity index (χ3n) is 3.16. The van der Waals surface area contributed by atoms with Crippen LogP contribution in [0.15, 0.2) is 54.6 Å². The molecule has 0 radical (unpaired) electrons. The van der Waals surface area contributed by atoms with Crippen LogP contribution in [0.25, 0.3) is 10.8 Å². The second-order valence-electron chi connectivity index (χ2n) is 4.57. The lowest BCUT2D eigenvalue weighted by Crippen LogP contribution is -2.14. The lowest BCUT2D eigenvalue weighted by Gasteiger charge is -2.06. The summed E-state index contributed by atoms with van der Waals surface area (Å²) >= 11 is 0. The standard InChI is InChI=1S/C16H14N4O/c1-17-15-9-8-14(19-20-15)16(21)18-13-7-6-11-4-2-3-5-12(11)10-13/h2-10H,1H3,(H,17,20)(H,18,21). The summed E-state index contributed by atoms with van der Waals surface area (Å²) in [5.74, 6) is 0.345. The smallest absolute Gasteiger partial charge is 0.276 e. The van der Waals surface area contributed by atoms with E-state index in [4.69, 9.17) is 0 Å². The molecule has 0 unspecified atom stereocenters. The highest BCUT2D eigenvalue weighted by Crippen LogP contribution is 2.19. The van der Waals surface area contributed by atoms with Gasteiger partial charge in [0.05, 0.1) is 0 Å². The van der Waals surface area contributed by atoms with Gasteiger partial charge in [0, 0.05) is 12.7 Å². The van der Waals surface area contributed by atoms with Crippen LogP contribution in [-0.2, 0) is 0 Å². The van der Waals surface area contributed by atoms with Gasteiger partial charge in [0.25, 0.3) is 5.91 Å². The van der Waals surface area contributed by atoms with E-state index in [-0.39, 0.29) is 11.6 Å². The molecule has 1 heterocycles. The Hall–Kier alpha value is -2.95. The van der Waals surface area contributed by atoms with Crippen LogP contribution >= 0.6 is 0 Å². The maximum atomic E-state index is 12.1. The van der Waals surface area contributed by atoms with E-state index >= 15 is 0 Å². The molecule has 3 aromatic rings. The fraction of sp³-hybridized carbons (Fsp3) is 0.0625. The van der Waals surface area contributed by atoms with Gasteiger partial charge >= 0.3 is 0 Å². The molecule has 0 spiro atoms. The van der Waals surface area contributed by atoms with Crippen LogP contribution in [0.4, 0.5) is 11.5 Å². The SMILES string of the molecule is CNc1ccc(C(=O)Nc2ccc3ccccc3c2)nn1.